The molecular formula is C13H17IO. The Morgan fingerprint density at radius 3 is 2.60 bits per heavy atom. The summed E-state index contributed by atoms with van der Waals surface area (Å²) in [5, 5.41) is 0. The number of rotatable bonds is 2. The minimum absolute atomic E-state index is 0.444. The fourth-order valence-corrected chi connectivity index (χ4v) is 2.59. The van der Waals surface area contributed by atoms with E-state index in [1.807, 2.05) is 0 Å². The molecule has 0 unspecified atom stereocenters. The summed E-state index contributed by atoms with van der Waals surface area (Å²) in [7, 11) is 0. The van der Waals surface area contributed by atoms with E-state index in [2.05, 4.69) is 53.8 Å². The van der Waals surface area contributed by atoms with Crippen LogP contribution in [0, 0.1) is 9.49 Å². The summed E-state index contributed by atoms with van der Waals surface area (Å²) >= 11 is 2.32. The van der Waals surface area contributed by atoms with Crippen LogP contribution < -0.4 is 4.74 Å². The summed E-state index contributed by atoms with van der Waals surface area (Å²) in [6.07, 6.45) is 5.50. The van der Waals surface area contributed by atoms with Crippen molar-refractivity contribution in [3.8, 4) is 5.75 Å². The lowest BCUT2D eigenvalue weighted by Crippen LogP contribution is -2.22. The number of ether oxygens (including phenoxy) is 1. The van der Waals surface area contributed by atoms with Crippen LogP contribution in [0.1, 0.15) is 32.6 Å². The van der Waals surface area contributed by atoms with Crippen molar-refractivity contribution in [2.45, 2.75) is 38.7 Å². The van der Waals surface area contributed by atoms with Crippen molar-refractivity contribution in [1.29, 1.82) is 0 Å². The van der Waals surface area contributed by atoms with E-state index in [1.54, 1.807) is 0 Å². The minimum atomic E-state index is 0.444. The van der Waals surface area contributed by atoms with E-state index in [4.69, 9.17) is 4.74 Å². The van der Waals surface area contributed by atoms with Gasteiger partial charge in [0.15, 0.2) is 0 Å². The second-order valence-corrected chi connectivity index (χ2v) is 5.70. The van der Waals surface area contributed by atoms with Crippen molar-refractivity contribution in [3.63, 3.8) is 0 Å². The van der Waals surface area contributed by atoms with Gasteiger partial charge in [-0.1, -0.05) is 13.0 Å². The highest BCUT2D eigenvalue weighted by molar-refractivity contribution is 14.1. The van der Waals surface area contributed by atoms with Gasteiger partial charge < -0.3 is 4.74 Å². The number of halogens is 1. The molecule has 1 aromatic rings. The van der Waals surface area contributed by atoms with Crippen molar-refractivity contribution in [3.05, 3.63) is 27.8 Å². The average Bonchev–Trinajstić information content (AvgIpc) is 2.22. The zero-order valence-corrected chi connectivity index (χ0v) is 11.2. The average molecular weight is 316 g/mol. The smallest absolute Gasteiger partial charge is 0.120 e. The van der Waals surface area contributed by atoms with Crippen LogP contribution in [0.25, 0.3) is 0 Å². The van der Waals surface area contributed by atoms with Gasteiger partial charge in [0.1, 0.15) is 5.75 Å². The molecule has 1 aliphatic rings. The van der Waals surface area contributed by atoms with Crippen LogP contribution >= 0.6 is 22.6 Å². The molecule has 15 heavy (non-hydrogen) atoms. The molecule has 0 saturated heterocycles. The molecule has 1 aliphatic carbocycles. The fourth-order valence-electron chi connectivity index (χ4n) is 2.08. The second-order valence-electron chi connectivity index (χ2n) is 4.46. The molecule has 2 heteroatoms. The summed E-state index contributed by atoms with van der Waals surface area (Å²) in [5.41, 5.74) is 0. The van der Waals surface area contributed by atoms with E-state index >= 15 is 0 Å². The predicted molar refractivity (Wildman–Crippen MR) is 71.2 cm³/mol. The second kappa shape index (κ2) is 5.19. The normalized spacial score (nSPS) is 26.3. The number of hydrogen-bond donors (Lipinski definition) is 0. The highest BCUT2D eigenvalue weighted by Crippen LogP contribution is 2.27. The van der Waals surface area contributed by atoms with Gasteiger partial charge in [0.25, 0.3) is 0 Å². The Balaban J connectivity index is 1.92. The molecule has 0 aromatic heterocycles. The lowest BCUT2D eigenvalue weighted by molar-refractivity contribution is 0.135. The standard InChI is InChI=1S/C13H17IO/c1-10-5-7-12(8-6-10)15-13-4-2-3-11(14)9-13/h2-4,9-10,12H,5-8H2,1H3. The predicted octanol–water partition coefficient (Wildman–Crippen LogP) is 4.25. The Bertz CT molecular complexity index is 316. The van der Waals surface area contributed by atoms with E-state index < -0.39 is 0 Å². The highest BCUT2D eigenvalue weighted by atomic mass is 127. The zero-order chi connectivity index (χ0) is 10.7. The number of benzene rings is 1. The zero-order valence-electron chi connectivity index (χ0n) is 9.08. The third-order valence-corrected chi connectivity index (χ3v) is 3.73. The Labute approximate surface area is 105 Å². The molecular weight excluding hydrogens is 299 g/mol. The van der Waals surface area contributed by atoms with E-state index in [-0.39, 0.29) is 0 Å². The molecule has 0 aliphatic heterocycles. The Morgan fingerprint density at radius 1 is 1.20 bits per heavy atom. The SMILES string of the molecule is CC1CCC(Oc2cccc(I)c2)CC1. The highest BCUT2D eigenvalue weighted by Gasteiger charge is 2.19. The summed E-state index contributed by atoms with van der Waals surface area (Å²) in [6.45, 7) is 2.33. The molecule has 0 radical (unpaired) electrons. The van der Waals surface area contributed by atoms with Gasteiger partial charge >= 0.3 is 0 Å². The van der Waals surface area contributed by atoms with Crippen LogP contribution in [0.5, 0.6) is 5.75 Å². The van der Waals surface area contributed by atoms with Crippen LogP contribution in [0.4, 0.5) is 0 Å². The topological polar surface area (TPSA) is 9.23 Å². The van der Waals surface area contributed by atoms with Crippen molar-refractivity contribution >= 4 is 22.6 Å². The minimum Gasteiger partial charge on any atom is -0.490 e. The van der Waals surface area contributed by atoms with Gasteiger partial charge in [-0.3, -0.25) is 0 Å². The molecule has 0 spiro atoms. The van der Waals surface area contributed by atoms with Crippen LogP contribution in [0.15, 0.2) is 24.3 Å². The molecule has 1 saturated carbocycles. The lowest BCUT2D eigenvalue weighted by Gasteiger charge is -2.26. The Hall–Kier alpha value is -0.250. The molecule has 0 amide bonds. The fraction of sp³-hybridized carbons (Fsp3) is 0.538. The molecule has 1 nitrogen and oxygen atoms in total. The van der Waals surface area contributed by atoms with Gasteiger partial charge in [0.2, 0.25) is 0 Å². The molecule has 1 fully saturated rings. The molecule has 0 heterocycles. The van der Waals surface area contributed by atoms with Crippen molar-refractivity contribution < 1.29 is 4.74 Å². The Kier molecular flexibility index (Phi) is 3.89. The van der Waals surface area contributed by atoms with E-state index in [0.717, 1.165) is 11.7 Å². The first-order valence-electron chi connectivity index (χ1n) is 5.66. The first-order chi connectivity index (χ1) is 7.24. The monoisotopic (exact) mass is 316 g/mol. The van der Waals surface area contributed by atoms with Gasteiger partial charge in [0.05, 0.1) is 6.10 Å². The first-order valence-corrected chi connectivity index (χ1v) is 6.74. The first kappa shape index (κ1) is 11.2. The van der Waals surface area contributed by atoms with Gasteiger partial charge in [-0.2, -0.15) is 0 Å². The summed E-state index contributed by atoms with van der Waals surface area (Å²) in [6, 6.07) is 8.32. The molecule has 0 bridgehead atoms. The maximum atomic E-state index is 5.98. The molecule has 1 aromatic carbocycles. The number of hydrogen-bond acceptors (Lipinski definition) is 1. The maximum Gasteiger partial charge on any atom is 0.120 e. The van der Waals surface area contributed by atoms with Crippen molar-refractivity contribution in [2.75, 3.05) is 0 Å². The van der Waals surface area contributed by atoms with Crippen LogP contribution in [-0.2, 0) is 0 Å². The third kappa shape index (κ3) is 3.37. The molecule has 0 atom stereocenters. The van der Waals surface area contributed by atoms with Gasteiger partial charge in [-0.05, 0) is 72.4 Å². The van der Waals surface area contributed by atoms with E-state index in [0.29, 0.717) is 6.10 Å². The van der Waals surface area contributed by atoms with Crippen LogP contribution in [0.2, 0.25) is 0 Å². The van der Waals surface area contributed by atoms with Crippen LogP contribution in [-0.4, -0.2) is 6.10 Å². The third-order valence-electron chi connectivity index (χ3n) is 3.06. The van der Waals surface area contributed by atoms with E-state index in [1.165, 1.54) is 29.3 Å². The van der Waals surface area contributed by atoms with Crippen molar-refractivity contribution in [1.82, 2.24) is 0 Å². The largest absolute Gasteiger partial charge is 0.490 e. The summed E-state index contributed by atoms with van der Waals surface area (Å²) in [4.78, 5) is 0. The maximum absolute atomic E-state index is 5.98. The molecule has 2 rings (SSSR count). The quantitative estimate of drug-likeness (QED) is 0.741. The van der Waals surface area contributed by atoms with Crippen LogP contribution in [0.3, 0.4) is 0 Å². The van der Waals surface area contributed by atoms with Gasteiger partial charge in [0, 0.05) is 3.57 Å². The summed E-state index contributed by atoms with van der Waals surface area (Å²) < 4.78 is 7.22. The molecule has 82 valence electrons. The Morgan fingerprint density at radius 2 is 1.93 bits per heavy atom. The lowest BCUT2D eigenvalue weighted by atomic mass is 9.89. The van der Waals surface area contributed by atoms with E-state index in [9.17, 15) is 0 Å². The van der Waals surface area contributed by atoms with Crippen molar-refractivity contribution in [2.24, 2.45) is 5.92 Å². The molecule has 0 N–H and O–H groups in total. The summed E-state index contributed by atoms with van der Waals surface area (Å²) in [5.74, 6) is 1.92. The van der Waals surface area contributed by atoms with Gasteiger partial charge in [-0.25, -0.2) is 0 Å². The van der Waals surface area contributed by atoms with Gasteiger partial charge in [-0.15, -0.1) is 0 Å².